The SMILES string of the molecule is COCCN(CCO)S(=O)(=O)c1c(C)c(C)cc(C)c1C. The Labute approximate surface area is 127 Å². The highest BCUT2D eigenvalue weighted by molar-refractivity contribution is 7.89. The zero-order chi connectivity index (χ0) is 16.2. The first kappa shape index (κ1) is 18.1. The van der Waals surface area contributed by atoms with Gasteiger partial charge in [-0.05, 0) is 49.9 Å². The van der Waals surface area contributed by atoms with Crippen molar-refractivity contribution in [3.05, 3.63) is 28.3 Å². The van der Waals surface area contributed by atoms with Gasteiger partial charge in [-0.2, -0.15) is 4.31 Å². The van der Waals surface area contributed by atoms with Crippen LogP contribution in [0.25, 0.3) is 0 Å². The first-order chi connectivity index (χ1) is 9.77. The second kappa shape index (κ2) is 7.35. The number of nitrogens with zero attached hydrogens (tertiary/aromatic N) is 1. The molecule has 0 radical (unpaired) electrons. The van der Waals surface area contributed by atoms with Crippen molar-refractivity contribution in [2.24, 2.45) is 0 Å². The summed E-state index contributed by atoms with van der Waals surface area (Å²) in [5.74, 6) is 0. The Bertz CT molecular complexity index is 570. The van der Waals surface area contributed by atoms with E-state index in [0.29, 0.717) is 11.5 Å². The van der Waals surface area contributed by atoms with Gasteiger partial charge < -0.3 is 9.84 Å². The molecule has 0 aromatic heterocycles. The maximum absolute atomic E-state index is 12.9. The Morgan fingerprint density at radius 1 is 1.10 bits per heavy atom. The van der Waals surface area contributed by atoms with Crippen molar-refractivity contribution in [2.45, 2.75) is 32.6 Å². The molecule has 0 atom stereocenters. The molecule has 1 aromatic rings. The number of hydrogen-bond donors (Lipinski definition) is 1. The minimum atomic E-state index is -3.65. The summed E-state index contributed by atoms with van der Waals surface area (Å²) in [6, 6.07) is 2.00. The van der Waals surface area contributed by atoms with E-state index in [-0.39, 0.29) is 19.7 Å². The van der Waals surface area contributed by atoms with E-state index >= 15 is 0 Å². The Morgan fingerprint density at radius 3 is 2.05 bits per heavy atom. The summed E-state index contributed by atoms with van der Waals surface area (Å²) < 4.78 is 32.1. The van der Waals surface area contributed by atoms with Gasteiger partial charge in [0, 0.05) is 20.2 Å². The van der Waals surface area contributed by atoms with E-state index < -0.39 is 10.0 Å². The van der Waals surface area contributed by atoms with Crippen LogP contribution in [0, 0.1) is 27.7 Å². The molecule has 0 spiro atoms. The van der Waals surface area contributed by atoms with E-state index in [2.05, 4.69) is 0 Å². The molecule has 1 aromatic carbocycles. The number of ether oxygens (including phenoxy) is 1. The summed E-state index contributed by atoms with van der Waals surface area (Å²) in [5.41, 5.74) is 3.43. The van der Waals surface area contributed by atoms with Gasteiger partial charge in [-0.3, -0.25) is 0 Å². The predicted octanol–water partition coefficient (Wildman–Crippen LogP) is 1.55. The van der Waals surface area contributed by atoms with E-state index in [0.717, 1.165) is 22.3 Å². The molecule has 1 N–H and O–H groups in total. The van der Waals surface area contributed by atoms with Crippen LogP contribution in [0.3, 0.4) is 0 Å². The predicted molar refractivity (Wildman–Crippen MR) is 83.1 cm³/mol. The lowest BCUT2D eigenvalue weighted by Gasteiger charge is -2.24. The average molecular weight is 315 g/mol. The van der Waals surface area contributed by atoms with E-state index in [1.165, 1.54) is 11.4 Å². The molecule has 0 aliphatic carbocycles. The summed E-state index contributed by atoms with van der Waals surface area (Å²) in [4.78, 5) is 0.351. The quantitative estimate of drug-likeness (QED) is 0.829. The zero-order valence-electron chi connectivity index (χ0n) is 13.4. The lowest BCUT2D eigenvalue weighted by molar-refractivity contribution is 0.168. The minimum Gasteiger partial charge on any atom is -0.395 e. The summed E-state index contributed by atoms with van der Waals surface area (Å²) in [5, 5.41) is 9.15. The second-order valence-corrected chi connectivity index (χ2v) is 7.08. The highest BCUT2D eigenvalue weighted by Crippen LogP contribution is 2.28. The van der Waals surface area contributed by atoms with Gasteiger partial charge in [-0.1, -0.05) is 6.07 Å². The lowest BCUT2D eigenvalue weighted by atomic mass is 10.0. The summed E-state index contributed by atoms with van der Waals surface area (Å²) in [6.45, 7) is 7.83. The molecular formula is C15H25NO4S. The first-order valence-electron chi connectivity index (χ1n) is 6.94. The molecular weight excluding hydrogens is 290 g/mol. The minimum absolute atomic E-state index is 0.0670. The van der Waals surface area contributed by atoms with Gasteiger partial charge in [-0.15, -0.1) is 0 Å². The molecule has 0 aliphatic rings. The highest BCUT2D eigenvalue weighted by Gasteiger charge is 2.28. The fourth-order valence-corrected chi connectivity index (χ4v) is 4.34. The fourth-order valence-electron chi connectivity index (χ4n) is 2.35. The third-order valence-corrected chi connectivity index (χ3v) is 5.96. The molecule has 0 saturated heterocycles. The normalized spacial score (nSPS) is 12.1. The van der Waals surface area contributed by atoms with Crippen LogP contribution >= 0.6 is 0 Å². The van der Waals surface area contributed by atoms with Crippen molar-refractivity contribution in [2.75, 3.05) is 33.4 Å². The van der Waals surface area contributed by atoms with Gasteiger partial charge >= 0.3 is 0 Å². The van der Waals surface area contributed by atoms with Gasteiger partial charge in [-0.25, -0.2) is 8.42 Å². The summed E-state index contributed by atoms with van der Waals surface area (Å²) in [6.07, 6.45) is 0. The fraction of sp³-hybridized carbons (Fsp3) is 0.600. The van der Waals surface area contributed by atoms with Crippen LogP contribution in [0.2, 0.25) is 0 Å². The molecule has 120 valence electrons. The topological polar surface area (TPSA) is 66.8 Å². The molecule has 0 heterocycles. The van der Waals surface area contributed by atoms with Crippen molar-refractivity contribution >= 4 is 10.0 Å². The van der Waals surface area contributed by atoms with Crippen molar-refractivity contribution in [1.82, 2.24) is 4.31 Å². The van der Waals surface area contributed by atoms with Gasteiger partial charge in [0.05, 0.1) is 18.1 Å². The van der Waals surface area contributed by atoms with Gasteiger partial charge in [0.1, 0.15) is 0 Å². The van der Waals surface area contributed by atoms with Crippen LogP contribution in [0.5, 0.6) is 0 Å². The molecule has 0 fully saturated rings. The number of rotatable bonds is 7. The third kappa shape index (κ3) is 3.83. The number of aryl methyl sites for hydroxylation is 2. The molecule has 6 heteroatoms. The standard InChI is InChI=1S/C15H25NO4S/c1-11-10-12(2)14(4)15(13(11)3)21(18,19)16(6-8-17)7-9-20-5/h10,17H,6-9H2,1-5H3. The number of sulfonamides is 1. The first-order valence-corrected chi connectivity index (χ1v) is 8.38. The molecule has 0 unspecified atom stereocenters. The smallest absolute Gasteiger partial charge is 0.243 e. The lowest BCUT2D eigenvalue weighted by Crippen LogP contribution is -2.37. The molecule has 0 bridgehead atoms. The number of benzene rings is 1. The van der Waals surface area contributed by atoms with Crippen LogP contribution in [0.4, 0.5) is 0 Å². The summed E-state index contributed by atoms with van der Waals surface area (Å²) >= 11 is 0. The van der Waals surface area contributed by atoms with E-state index in [1.807, 2.05) is 33.8 Å². The molecule has 0 aliphatic heterocycles. The Morgan fingerprint density at radius 2 is 1.62 bits per heavy atom. The van der Waals surface area contributed by atoms with Crippen molar-refractivity contribution in [1.29, 1.82) is 0 Å². The number of methoxy groups -OCH3 is 1. The van der Waals surface area contributed by atoms with Gasteiger partial charge in [0.15, 0.2) is 0 Å². The number of aliphatic hydroxyl groups is 1. The number of aliphatic hydroxyl groups excluding tert-OH is 1. The Hall–Kier alpha value is -0.950. The van der Waals surface area contributed by atoms with Crippen LogP contribution in [0.1, 0.15) is 22.3 Å². The molecule has 0 amide bonds. The average Bonchev–Trinajstić information content (AvgIpc) is 2.41. The van der Waals surface area contributed by atoms with E-state index in [4.69, 9.17) is 9.84 Å². The van der Waals surface area contributed by atoms with Crippen LogP contribution in [-0.4, -0.2) is 51.2 Å². The van der Waals surface area contributed by atoms with E-state index in [9.17, 15) is 8.42 Å². The van der Waals surface area contributed by atoms with Crippen LogP contribution in [0.15, 0.2) is 11.0 Å². The molecule has 1 rings (SSSR count). The highest BCUT2D eigenvalue weighted by atomic mass is 32.2. The van der Waals surface area contributed by atoms with Crippen molar-refractivity contribution in [3.8, 4) is 0 Å². The van der Waals surface area contributed by atoms with Crippen LogP contribution in [-0.2, 0) is 14.8 Å². The van der Waals surface area contributed by atoms with E-state index in [1.54, 1.807) is 0 Å². The monoisotopic (exact) mass is 315 g/mol. The van der Waals surface area contributed by atoms with Crippen LogP contribution < -0.4 is 0 Å². The molecule has 5 nitrogen and oxygen atoms in total. The van der Waals surface area contributed by atoms with Crippen molar-refractivity contribution in [3.63, 3.8) is 0 Å². The van der Waals surface area contributed by atoms with Gasteiger partial charge in [0.25, 0.3) is 0 Å². The number of hydrogen-bond acceptors (Lipinski definition) is 4. The third-order valence-electron chi connectivity index (χ3n) is 3.79. The molecule has 0 saturated carbocycles. The van der Waals surface area contributed by atoms with Gasteiger partial charge in [0.2, 0.25) is 10.0 Å². The zero-order valence-corrected chi connectivity index (χ0v) is 14.2. The molecule has 21 heavy (non-hydrogen) atoms. The maximum atomic E-state index is 12.9. The Balaban J connectivity index is 3.41. The second-order valence-electron chi connectivity index (χ2n) is 5.21. The van der Waals surface area contributed by atoms with Crippen molar-refractivity contribution < 1.29 is 18.3 Å². The largest absolute Gasteiger partial charge is 0.395 e. The Kier molecular flexibility index (Phi) is 6.34. The maximum Gasteiger partial charge on any atom is 0.243 e. The summed E-state index contributed by atoms with van der Waals surface area (Å²) in [7, 11) is -2.12.